The van der Waals surface area contributed by atoms with Gasteiger partial charge in [-0.05, 0) is 32.7 Å². The average molecular weight is 223 g/mol. The first-order valence-corrected chi connectivity index (χ1v) is 6.51. The van der Waals surface area contributed by atoms with Crippen molar-refractivity contribution in [1.29, 1.82) is 0 Å². The normalized spacial score (nSPS) is 34.8. The average Bonchev–Trinajstić information content (AvgIpc) is 2.88. The molecule has 0 aromatic rings. The highest BCUT2D eigenvalue weighted by Crippen LogP contribution is 2.38. The standard InChI is InChI=1S/C12H21N3O/c1-13-6-8-14(9-7-13)12(16)15-10-2-3-11(15)5-4-10/h10-11H,2-9H2,1H3. The molecule has 0 aromatic heterocycles. The number of hydrogen-bond acceptors (Lipinski definition) is 2. The number of likely N-dealkylation sites (N-methyl/N-ethyl adjacent to an activating group) is 1. The minimum Gasteiger partial charge on any atom is -0.322 e. The van der Waals surface area contributed by atoms with Gasteiger partial charge in [0.05, 0.1) is 0 Å². The van der Waals surface area contributed by atoms with E-state index in [9.17, 15) is 4.79 Å². The fourth-order valence-electron chi connectivity index (χ4n) is 3.39. The molecule has 3 aliphatic rings. The summed E-state index contributed by atoms with van der Waals surface area (Å²) in [5.41, 5.74) is 0. The number of rotatable bonds is 0. The summed E-state index contributed by atoms with van der Waals surface area (Å²) >= 11 is 0. The van der Waals surface area contributed by atoms with Crippen LogP contribution >= 0.6 is 0 Å². The molecular weight excluding hydrogens is 202 g/mol. The van der Waals surface area contributed by atoms with Crippen LogP contribution < -0.4 is 0 Å². The summed E-state index contributed by atoms with van der Waals surface area (Å²) in [4.78, 5) is 18.9. The number of nitrogens with zero attached hydrogens (tertiary/aromatic N) is 3. The molecule has 3 aliphatic heterocycles. The first-order chi connectivity index (χ1) is 7.75. The highest BCUT2D eigenvalue weighted by Gasteiger charge is 2.43. The second kappa shape index (κ2) is 3.91. The highest BCUT2D eigenvalue weighted by molar-refractivity contribution is 5.76. The molecule has 0 saturated carbocycles. The monoisotopic (exact) mass is 223 g/mol. The maximum absolute atomic E-state index is 12.4. The number of carbonyl (C=O) groups is 1. The summed E-state index contributed by atoms with van der Waals surface area (Å²) < 4.78 is 0. The summed E-state index contributed by atoms with van der Waals surface area (Å²) in [7, 11) is 2.13. The second-order valence-corrected chi connectivity index (χ2v) is 5.44. The van der Waals surface area contributed by atoms with E-state index in [2.05, 4.69) is 21.7 Å². The molecule has 16 heavy (non-hydrogen) atoms. The molecule has 2 amide bonds. The molecule has 2 bridgehead atoms. The van der Waals surface area contributed by atoms with Gasteiger partial charge in [-0.2, -0.15) is 0 Å². The molecule has 0 spiro atoms. The predicted octanol–water partition coefficient (Wildman–Crippen LogP) is 0.981. The molecular formula is C12H21N3O. The molecule has 0 aromatic carbocycles. The van der Waals surface area contributed by atoms with Crippen LogP contribution in [0.3, 0.4) is 0 Å². The summed E-state index contributed by atoms with van der Waals surface area (Å²) in [6, 6.07) is 1.45. The van der Waals surface area contributed by atoms with E-state index in [1.54, 1.807) is 0 Å². The largest absolute Gasteiger partial charge is 0.322 e. The minimum atomic E-state index is 0.318. The van der Waals surface area contributed by atoms with E-state index in [0.717, 1.165) is 26.2 Å². The Balaban J connectivity index is 1.65. The van der Waals surface area contributed by atoms with E-state index in [4.69, 9.17) is 0 Å². The molecule has 0 atom stereocenters. The molecule has 0 radical (unpaired) electrons. The number of hydrogen-bond donors (Lipinski definition) is 0. The number of carbonyl (C=O) groups excluding carboxylic acids is 1. The summed E-state index contributed by atoms with van der Waals surface area (Å²) in [5, 5.41) is 0. The molecule has 4 nitrogen and oxygen atoms in total. The van der Waals surface area contributed by atoms with Gasteiger partial charge in [-0.15, -0.1) is 0 Å². The van der Waals surface area contributed by atoms with Crippen LogP contribution in [0.2, 0.25) is 0 Å². The lowest BCUT2D eigenvalue weighted by Crippen LogP contribution is -2.53. The van der Waals surface area contributed by atoms with Crippen LogP contribution in [-0.2, 0) is 0 Å². The Morgan fingerprint density at radius 1 is 0.938 bits per heavy atom. The Kier molecular flexibility index (Phi) is 2.54. The van der Waals surface area contributed by atoms with Crippen molar-refractivity contribution < 1.29 is 4.79 Å². The smallest absolute Gasteiger partial charge is 0.320 e. The number of piperazine rings is 1. The van der Waals surface area contributed by atoms with Crippen LogP contribution in [0.15, 0.2) is 0 Å². The third kappa shape index (κ3) is 1.59. The third-order valence-electron chi connectivity index (χ3n) is 4.45. The van der Waals surface area contributed by atoms with Crippen molar-refractivity contribution >= 4 is 6.03 Å². The van der Waals surface area contributed by atoms with Gasteiger partial charge in [0.1, 0.15) is 0 Å². The van der Waals surface area contributed by atoms with Gasteiger partial charge in [-0.3, -0.25) is 0 Å². The number of amides is 2. The van der Waals surface area contributed by atoms with Gasteiger partial charge in [0.2, 0.25) is 0 Å². The van der Waals surface area contributed by atoms with Crippen LogP contribution in [0, 0.1) is 0 Å². The maximum Gasteiger partial charge on any atom is 0.320 e. The van der Waals surface area contributed by atoms with Crippen LogP contribution in [0.25, 0.3) is 0 Å². The summed E-state index contributed by atoms with van der Waals surface area (Å²) in [5.74, 6) is 0. The van der Waals surface area contributed by atoms with E-state index in [0.29, 0.717) is 18.1 Å². The minimum absolute atomic E-state index is 0.318. The highest BCUT2D eigenvalue weighted by atomic mass is 16.2. The lowest BCUT2D eigenvalue weighted by Gasteiger charge is -2.36. The van der Waals surface area contributed by atoms with Crippen LogP contribution in [0.1, 0.15) is 25.7 Å². The van der Waals surface area contributed by atoms with Crippen molar-refractivity contribution in [3.8, 4) is 0 Å². The molecule has 90 valence electrons. The van der Waals surface area contributed by atoms with Crippen molar-refractivity contribution in [2.24, 2.45) is 0 Å². The molecule has 0 N–H and O–H groups in total. The molecule has 4 heteroatoms. The topological polar surface area (TPSA) is 26.8 Å². The van der Waals surface area contributed by atoms with Gasteiger partial charge in [-0.1, -0.05) is 0 Å². The Morgan fingerprint density at radius 3 is 1.94 bits per heavy atom. The quantitative estimate of drug-likeness (QED) is 0.612. The fraction of sp³-hybridized carbons (Fsp3) is 0.917. The maximum atomic E-state index is 12.4. The van der Waals surface area contributed by atoms with Gasteiger partial charge < -0.3 is 14.7 Å². The lowest BCUT2D eigenvalue weighted by molar-refractivity contribution is 0.118. The first kappa shape index (κ1) is 10.4. The van der Waals surface area contributed by atoms with E-state index in [-0.39, 0.29) is 0 Å². The van der Waals surface area contributed by atoms with Gasteiger partial charge in [0, 0.05) is 38.3 Å². The first-order valence-electron chi connectivity index (χ1n) is 6.51. The summed E-state index contributed by atoms with van der Waals surface area (Å²) in [6.07, 6.45) is 4.96. The Morgan fingerprint density at radius 2 is 1.44 bits per heavy atom. The van der Waals surface area contributed by atoms with Gasteiger partial charge >= 0.3 is 6.03 Å². The fourth-order valence-corrected chi connectivity index (χ4v) is 3.39. The van der Waals surface area contributed by atoms with Gasteiger partial charge in [-0.25, -0.2) is 4.79 Å². The van der Waals surface area contributed by atoms with Crippen molar-refractivity contribution in [3.63, 3.8) is 0 Å². The zero-order valence-electron chi connectivity index (χ0n) is 10.1. The molecule has 3 saturated heterocycles. The van der Waals surface area contributed by atoms with Crippen LogP contribution in [0.5, 0.6) is 0 Å². The second-order valence-electron chi connectivity index (χ2n) is 5.44. The zero-order valence-corrected chi connectivity index (χ0v) is 10.1. The molecule has 3 rings (SSSR count). The van der Waals surface area contributed by atoms with Crippen LogP contribution in [-0.4, -0.2) is 66.0 Å². The SMILES string of the molecule is CN1CCN(C(=O)N2C3CCC2CC3)CC1. The Bertz CT molecular complexity index is 266. The van der Waals surface area contributed by atoms with Gasteiger partial charge in [0.15, 0.2) is 0 Å². The number of urea groups is 1. The molecule has 3 fully saturated rings. The van der Waals surface area contributed by atoms with Crippen molar-refractivity contribution in [2.75, 3.05) is 33.2 Å². The molecule has 0 aliphatic carbocycles. The molecule has 0 unspecified atom stereocenters. The van der Waals surface area contributed by atoms with Crippen molar-refractivity contribution in [3.05, 3.63) is 0 Å². The summed E-state index contributed by atoms with van der Waals surface area (Å²) in [6.45, 7) is 3.86. The third-order valence-corrected chi connectivity index (χ3v) is 4.45. The predicted molar refractivity (Wildman–Crippen MR) is 62.3 cm³/mol. The van der Waals surface area contributed by atoms with Gasteiger partial charge in [0.25, 0.3) is 0 Å². The van der Waals surface area contributed by atoms with Crippen molar-refractivity contribution in [2.45, 2.75) is 37.8 Å². The molecule has 3 heterocycles. The lowest BCUT2D eigenvalue weighted by atomic mass is 10.0. The van der Waals surface area contributed by atoms with E-state index >= 15 is 0 Å². The van der Waals surface area contributed by atoms with E-state index < -0.39 is 0 Å². The van der Waals surface area contributed by atoms with Crippen LogP contribution in [0.4, 0.5) is 4.79 Å². The van der Waals surface area contributed by atoms with E-state index in [1.165, 1.54) is 25.7 Å². The Hall–Kier alpha value is -0.770. The number of fused-ring (bicyclic) bond motifs is 2. The Labute approximate surface area is 97.2 Å². The zero-order chi connectivity index (χ0) is 11.1. The van der Waals surface area contributed by atoms with E-state index in [1.807, 2.05) is 0 Å². The van der Waals surface area contributed by atoms with Crippen molar-refractivity contribution in [1.82, 2.24) is 14.7 Å².